The van der Waals surface area contributed by atoms with Crippen molar-refractivity contribution in [2.45, 2.75) is 64.8 Å². The molecule has 1 aromatic heterocycles. The molecule has 3 heterocycles. The third-order valence-electron chi connectivity index (χ3n) is 11.2. The minimum atomic E-state index is -0.888. The second kappa shape index (κ2) is 17.3. The van der Waals surface area contributed by atoms with Gasteiger partial charge in [-0.15, -0.1) is 0 Å². The maximum absolute atomic E-state index is 12.1. The van der Waals surface area contributed by atoms with Gasteiger partial charge in [0.2, 0.25) is 0 Å². The number of carboxylic acid groups (broad SMARTS) is 1. The number of hydrogen-bond acceptors (Lipinski definition) is 9. The standard InChI is InChI=1S/C42H50ClN5O5/c1-41(2)35(32-9-4-3-5-10-32)11-8-14-42(41,13-6-7-16-47-17-12-34(49)27-47)29-53-39-21-38(52-28-31-19-30(22-44)23-46-24-31)33(20-36(39)43)26-48-18-15-45-25-37(48)40(50)51/h3-5,8-11,14,19-21,23-24,34,37,45,49H,6-7,12-13,15-18,25-29H2,1-2H3,(H,50,51)/t34-,37+,42?/m1/s1. The van der Waals surface area contributed by atoms with E-state index in [4.69, 9.17) is 21.1 Å². The molecule has 3 atom stereocenters. The van der Waals surface area contributed by atoms with E-state index in [1.54, 1.807) is 12.3 Å². The van der Waals surface area contributed by atoms with Gasteiger partial charge in [0.1, 0.15) is 30.2 Å². The zero-order valence-electron chi connectivity index (χ0n) is 30.6. The van der Waals surface area contributed by atoms with Gasteiger partial charge in [-0.3, -0.25) is 14.7 Å². The van der Waals surface area contributed by atoms with Gasteiger partial charge in [-0.1, -0.05) is 80.4 Å². The summed E-state index contributed by atoms with van der Waals surface area (Å²) in [4.78, 5) is 20.6. The number of carbonyl (C=O) groups is 1. The third-order valence-corrected chi connectivity index (χ3v) is 11.5. The molecule has 0 bridgehead atoms. The quantitative estimate of drug-likeness (QED) is 0.152. The second-order valence-corrected chi connectivity index (χ2v) is 15.4. The molecular formula is C42H50ClN5O5. The highest BCUT2D eigenvalue weighted by molar-refractivity contribution is 6.32. The number of aromatic nitrogens is 1. The lowest BCUT2D eigenvalue weighted by molar-refractivity contribution is -0.144. The average molecular weight is 740 g/mol. The van der Waals surface area contributed by atoms with Crippen molar-refractivity contribution >= 4 is 23.1 Å². The summed E-state index contributed by atoms with van der Waals surface area (Å²) in [5.41, 5.74) is 3.66. The van der Waals surface area contributed by atoms with Crippen LogP contribution in [0.4, 0.5) is 0 Å². The van der Waals surface area contributed by atoms with Crippen LogP contribution in [0.15, 0.2) is 79.2 Å². The lowest BCUT2D eigenvalue weighted by atomic mass is 9.57. The number of carboxylic acids is 1. The van der Waals surface area contributed by atoms with E-state index >= 15 is 0 Å². The van der Waals surface area contributed by atoms with E-state index in [9.17, 15) is 20.3 Å². The van der Waals surface area contributed by atoms with E-state index in [-0.39, 0.29) is 23.5 Å². The van der Waals surface area contributed by atoms with Crippen molar-refractivity contribution in [3.63, 3.8) is 0 Å². The molecule has 53 heavy (non-hydrogen) atoms. The van der Waals surface area contributed by atoms with Crippen LogP contribution in [0.25, 0.3) is 5.57 Å². The van der Waals surface area contributed by atoms with Crippen molar-refractivity contribution in [3.8, 4) is 17.6 Å². The topological polar surface area (TPSA) is 131 Å². The van der Waals surface area contributed by atoms with Crippen LogP contribution < -0.4 is 14.8 Å². The predicted octanol–water partition coefficient (Wildman–Crippen LogP) is 6.33. The minimum Gasteiger partial charge on any atom is -0.491 e. The van der Waals surface area contributed by atoms with Gasteiger partial charge in [0.05, 0.1) is 23.3 Å². The Bertz CT molecular complexity index is 1840. The van der Waals surface area contributed by atoms with Crippen LogP contribution >= 0.6 is 11.6 Å². The van der Waals surface area contributed by atoms with Crippen molar-refractivity contribution in [2.75, 3.05) is 45.9 Å². The fourth-order valence-electron chi connectivity index (χ4n) is 7.91. The predicted molar refractivity (Wildman–Crippen MR) is 206 cm³/mol. The first-order valence-corrected chi connectivity index (χ1v) is 18.9. The van der Waals surface area contributed by atoms with Crippen LogP contribution in [-0.4, -0.2) is 89.0 Å². The number of hydrogen-bond donors (Lipinski definition) is 3. The normalized spacial score (nSPS) is 23.0. The number of aliphatic hydroxyl groups excluding tert-OH is 1. The molecule has 3 aliphatic rings. The van der Waals surface area contributed by atoms with Gasteiger partial charge in [-0.05, 0) is 49.1 Å². The van der Waals surface area contributed by atoms with Crippen LogP contribution in [0.2, 0.25) is 5.02 Å². The van der Waals surface area contributed by atoms with Gasteiger partial charge in [-0.25, -0.2) is 0 Å². The summed E-state index contributed by atoms with van der Waals surface area (Å²) >= 11 is 7.02. The molecule has 3 N–H and O–H groups in total. The number of benzene rings is 2. The Morgan fingerprint density at radius 2 is 1.94 bits per heavy atom. The fraction of sp³-hybridized carbons (Fsp3) is 0.452. The highest BCUT2D eigenvalue weighted by Gasteiger charge is 2.47. The van der Waals surface area contributed by atoms with Gasteiger partial charge in [-0.2, -0.15) is 5.26 Å². The molecule has 11 heteroatoms. The summed E-state index contributed by atoms with van der Waals surface area (Å²) in [6.45, 7) is 9.64. The molecule has 2 aliphatic heterocycles. The van der Waals surface area contributed by atoms with Crippen molar-refractivity contribution < 1.29 is 24.5 Å². The van der Waals surface area contributed by atoms with E-state index in [0.29, 0.717) is 54.9 Å². The zero-order chi connectivity index (χ0) is 37.4. The first kappa shape index (κ1) is 38.5. The molecule has 0 saturated carbocycles. The summed E-state index contributed by atoms with van der Waals surface area (Å²) < 4.78 is 13.2. The molecule has 6 rings (SSSR count). The molecule has 280 valence electrons. The van der Waals surface area contributed by atoms with E-state index in [2.05, 4.69) is 77.6 Å². The number of nitrogens with one attached hydrogen (secondary N) is 1. The lowest BCUT2D eigenvalue weighted by Crippen LogP contribution is -2.54. The SMILES string of the molecule is CC1(C)C(c2ccccc2)=CC=CC1(CCCCN1CC[C@@H](O)C1)COc1cc(OCc2cncc(C#N)c2)c(CN2CCNC[C@H]2C(=O)O)cc1Cl. The first-order valence-electron chi connectivity index (χ1n) is 18.5. The number of aliphatic hydroxyl groups is 1. The van der Waals surface area contributed by atoms with Crippen LogP contribution in [0.3, 0.4) is 0 Å². The van der Waals surface area contributed by atoms with Crippen LogP contribution in [0.5, 0.6) is 11.5 Å². The summed E-state index contributed by atoms with van der Waals surface area (Å²) in [6.07, 6.45) is 13.3. The number of allylic oxidation sites excluding steroid dienone is 3. The van der Waals surface area contributed by atoms with Gasteiger partial charge in [0, 0.05) is 79.7 Å². The number of halogens is 1. The lowest BCUT2D eigenvalue weighted by Gasteiger charge is -2.48. The number of piperazine rings is 1. The molecule has 3 aromatic rings. The Hall–Kier alpha value is -4.24. The van der Waals surface area contributed by atoms with Crippen molar-refractivity contribution in [1.82, 2.24) is 20.1 Å². The Balaban J connectivity index is 1.28. The highest BCUT2D eigenvalue weighted by atomic mass is 35.5. The highest BCUT2D eigenvalue weighted by Crippen LogP contribution is 2.55. The number of rotatable bonds is 15. The number of β-amino-alcohol motifs (C(OH)–C–C–N with tert-alkyl or cyclic N) is 1. The molecular weight excluding hydrogens is 690 g/mol. The number of nitrogens with zero attached hydrogens (tertiary/aromatic N) is 4. The van der Waals surface area contributed by atoms with E-state index in [0.717, 1.165) is 56.4 Å². The molecule has 2 saturated heterocycles. The Morgan fingerprint density at radius 1 is 1.11 bits per heavy atom. The summed E-state index contributed by atoms with van der Waals surface area (Å²) in [7, 11) is 0. The molecule has 2 aromatic carbocycles. The molecule has 2 fully saturated rings. The first-order chi connectivity index (χ1) is 25.6. The third kappa shape index (κ3) is 9.11. The van der Waals surface area contributed by atoms with Gasteiger partial charge >= 0.3 is 5.97 Å². The number of likely N-dealkylation sites (tertiary alicyclic amines) is 1. The van der Waals surface area contributed by atoms with Crippen LogP contribution in [0.1, 0.15) is 61.8 Å². The second-order valence-electron chi connectivity index (χ2n) is 15.0. The minimum absolute atomic E-state index is 0.152. The maximum atomic E-state index is 12.1. The van der Waals surface area contributed by atoms with Crippen molar-refractivity contribution in [2.24, 2.45) is 10.8 Å². The Labute approximate surface area is 317 Å². The maximum Gasteiger partial charge on any atom is 0.322 e. The van der Waals surface area contributed by atoms with Crippen molar-refractivity contribution in [3.05, 3.63) is 106 Å². The van der Waals surface area contributed by atoms with Gasteiger partial charge < -0.3 is 29.9 Å². The molecule has 10 nitrogen and oxygen atoms in total. The van der Waals surface area contributed by atoms with Crippen molar-refractivity contribution in [1.29, 1.82) is 5.26 Å². The Kier molecular flexibility index (Phi) is 12.5. The average Bonchev–Trinajstić information content (AvgIpc) is 3.58. The van der Waals surface area contributed by atoms with Gasteiger partial charge in [0.15, 0.2) is 0 Å². The zero-order valence-corrected chi connectivity index (χ0v) is 31.4. The molecule has 0 radical (unpaired) electrons. The van der Waals surface area contributed by atoms with E-state index in [1.165, 1.54) is 17.3 Å². The number of nitriles is 1. The molecule has 1 unspecified atom stereocenters. The number of ether oxygens (including phenoxy) is 2. The summed E-state index contributed by atoms with van der Waals surface area (Å²) in [5, 5.41) is 33.0. The Morgan fingerprint density at radius 3 is 2.70 bits per heavy atom. The van der Waals surface area contributed by atoms with Crippen LogP contribution in [-0.2, 0) is 17.9 Å². The number of pyridine rings is 1. The summed E-state index contributed by atoms with van der Waals surface area (Å²) in [6, 6.07) is 17.3. The largest absolute Gasteiger partial charge is 0.491 e. The van der Waals surface area contributed by atoms with Gasteiger partial charge in [0.25, 0.3) is 0 Å². The van der Waals surface area contributed by atoms with Crippen LogP contribution in [0, 0.1) is 22.2 Å². The molecule has 1 aliphatic carbocycles. The number of unbranched alkanes of at least 4 members (excludes halogenated alkanes) is 1. The monoisotopic (exact) mass is 739 g/mol. The number of aliphatic carboxylic acids is 1. The molecule has 0 amide bonds. The smallest absolute Gasteiger partial charge is 0.322 e. The summed E-state index contributed by atoms with van der Waals surface area (Å²) in [5.74, 6) is 0.120. The van der Waals surface area contributed by atoms with E-state index < -0.39 is 12.0 Å². The fourth-order valence-corrected chi connectivity index (χ4v) is 8.15. The van der Waals surface area contributed by atoms with E-state index in [1.807, 2.05) is 23.1 Å². The molecule has 0 spiro atoms.